The van der Waals surface area contributed by atoms with Crippen LogP contribution in [0, 0.1) is 23.7 Å². The fourth-order valence-electron chi connectivity index (χ4n) is 3.37. The molecule has 0 aromatic heterocycles. The largest absolute Gasteiger partial charge is 0.461 e. The van der Waals surface area contributed by atoms with E-state index in [-0.39, 0.29) is 35.3 Å². The van der Waals surface area contributed by atoms with E-state index >= 15 is 0 Å². The Balaban J connectivity index is 2.01. The van der Waals surface area contributed by atoms with Gasteiger partial charge in [0.25, 0.3) is 0 Å². The van der Waals surface area contributed by atoms with Crippen LogP contribution in [0.3, 0.4) is 0 Å². The maximum Gasteiger partial charge on any atom is 0.310 e. The highest BCUT2D eigenvalue weighted by atomic mass is 79.9. The number of carbonyl (C=O) groups excluding carboxylic acids is 1. The van der Waals surface area contributed by atoms with Crippen LogP contribution in [0.25, 0.3) is 0 Å². The molecule has 0 amide bonds. The third kappa shape index (κ3) is 0.814. The highest BCUT2D eigenvalue weighted by Gasteiger charge is 2.65. The molecule has 13 heavy (non-hydrogen) atoms. The van der Waals surface area contributed by atoms with Gasteiger partial charge in [-0.3, -0.25) is 4.79 Å². The van der Waals surface area contributed by atoms with Crippen LogP contribution in [0.15, 0.2) is 0 Å². The van der Waals surface area contributed by atoms with Crippen LogP contribution < -0.4 is 0 Å². The number of rotatable bonds is 1. The van der Waals surface area contributed by atoms with Gasteiger partial charge in [-0.15, -0.1) is 0 Å². The maximum absolute atomic E-state index is 11.5. The molecule has 0 spiro atoms. The number of hydrogen-bond donors (Lipinski definition) is 1. The Labute approximate surface area is 84.6 Å². The van der Waals surface area contributed by atoms with Gasteiger partial charge in [0.1, 0.15) is 6.10 Å². The van der Waals surface area contributed by atoms with Crippen LogP contribution in [0.2, 0.25) is 0 Å². The number of halogens is 1. The molecule has 6 atom stereocenters. The molecule has 72 valence electrons. The number of aliphatic hydroxyl groups is 1. The first-order valence-electron chi connectivity index (χ1n) is 4.69. The second-order valence-electron chi connectivity index (χ2n) is 4.28. The number of esters is 1. The van der Waals surface area contributed by atoms with E-state index < -0.39 is 0 Å². The van der Waals surface area contributed by atoms with Crippen molar-refractivity contribution in [2.24, 2.45) is 23.7 Å². The molecule has 4 heteroatoms. The SMILES string of the molecule is O=C1OC2C3CC([C@H]2Br)[C@@H](CO)C13. The molecule has 2 bridgehead atoms. The lowest BCUT2D eigenvalue weighted by atomic mass is 9.80. The molecule has 4 unspecified atom stereocenters. The number of hydrogen-bond acceptors (Lipinski definition) is 3. The lowest BCUT2D eigenvalue weighted by molar-refractivity contribution is -0.144. The van der Waals surface area contributed by atoms with Gasteiger partial charge in [0.05, 0.1) is 10.7 Å². The zero-order chi connectivity index (χ0) is 9.16. The van der Waals surface area contributed by atoms with Gasteiger partial charge in [-0.05, 0) is 18.3 Å². The molecule has 3 aliphatic rings. The van der Waals surface area contributed by atoms with E-state index in [0.717, 1.165) is 6.42 Å². The molecule has 3 fully saturated rings. The summed E-state index contributed by atoms with van der Waals surface area (Å²) in [4.78, 5) is 11.7. The number of ether oxygens (including phenoxy) is 1. The van der Waals surface area contributed by atoms with Crippen molar-refractivity contribution < 1.29 is 14.6 Å². The first-order valence-corrected chi connectivity index (χ1v) is 5.61. The molecule has 0 radical (unpaired) electrons. The van der Waals surface area contributed by atoms with Crippen LogP contribution in [0.5, 0.6) is 0 Å². The minimum Gasteiger partial charge on any atom is -0.461 e. The number of fused-ring (bicyclic) bond motifs is 1. The Morgan fingerprint density at radius 3 is 3.00 bits per heavy atom. The van der Waals surface area contributed by atoms with Crippen molar-refractivity contribution in [3.05, 3.63) is 0 Å². The smallest absolute Gasteiger partial charge is 0.310 e. The number of alkyl halides is 1. The van der Waals surface area contributed by atoms with Crippen molar-refractivity contribution in [1.82, 2.24) is 0 Å². The van der Waals surface area contributed by atoms with Gasteiger partial charge >= 0.3 is 5.97 Å². The molecule has 3 rings (SSSR count). The molecule has 3 nitrogen and oxygen atoms in total. The summed E-state index contributed by atoms with van der Waals surface area (Å²) in [5.74, 6) is 0.864. The van der Waals surface area contributed by atoms with Crippen LogP contribution in [-0.2, 0) is 9.53 Å². The summed E-state index contributed by atoms with van der Waals surface area (Å²) in [6.07, 6.45) is 1.13. The summed E-state index contributed by atoms with van der Waals surface area (Å²) >= 11 is 3.57. The zero-order valence-electron chi connectivity index (χ0n) is 7.02. The maximum atomic E-state index is 11.5. The average molecular weight is 247 g/mol. The number of aliphatic hydroxyl groups excluding tert-OH is 1. The number of carbonyl (C=O) groups is 1. The summed E-state index contributed by atoms with van der Waals surface area (Å²) in [6.45, 7) is 0.121. The third-order valence-corrected chi connectivity index (χ3v) is 5.10. The molecule has 0 aromatic rings. The van der Waals surface area contributed by atoms with E-state index in [9.17, 15) is 9.90 Å². The Hall–Kier alpha value is -0.0900. The highest BCUT2D eigenvalue weighted by Crippen LogP contribution is 2.59. The summed E-state index contributed by atoms with van der Waals surface area (Å²) in [6, 6.07) is 0. The van der Waals surface area contributed by atoms with Gasteiger partial charge < -0.3 is 9.84 Å². The zero-order valence-corrected chi connectivity index (χ0v) is 8.61. The lowest BCUT2D eigenvalue weighted by Crippen LogP contribution is -2.35. The Kier molecular flexibility index (Phi) is 1.57. The topological polar surface area (TPSA) is 46.5 Å². The summed E-state index contributed by atoms with van der Waals surface area (Å²) in [5, 5.41) is 9.22. The van der Waals surface area contributed by atoms with Gasteiger partial charge in [0.2, 0.25) is 0 Å². The summed E-state index contributed by atoms with van der Waals surface area (Å²) in [7, 11) is 0. The van der Waals surface area contributed by atoms with Gasteiger partial charge in [0.15, 0.2) is 0 Å². The van der Waals surface area contributed by atoms with E-state index in [1.165, 1.54) is 0 Å². The lowest BCUT2D eigenvalue weighted by Gasteiger charge is -2.26. The second kappa shape index (κ2) is 2.48. The van der Waals surface area contributed by atoms with E-state index in [1.54, 1.807) is 0 Å². The Morgan fingerprint density at radius 1 is 1.54 bits per heavy atom. The van der Waals surface area contributed by atoms with E-state index in [1.807, 2.05) is 0 Å². The molecule has 1 saturated heterocycles. The third-order valence-electron chi connectivity index (χ3n) is 3.90. The molecule has 2 saturated carbocycles. The van der Waals surface area contributed by atoms with Crippen molar-refractivity contribution in [2.75, 3.05) is 6.61 Å². The van der Waals surface area contributed by atoms with Gasteiger partial charge in [-0.2, -0.15) is 0 Å². The minimum absolute atomic E-state index is 0.00574. The molecule has 0 aromatic carbocycles. The van der Waals surface area contributed by atoms with Crippen molar-refractivity contribution in [1.29, 1.82) is 0 Å². The van der Waals surface area contributed by atoms with Gasteiger partial charge in [0, 0.05) is 12.5 Å². The predicted octanol–water partition coefficient (Wildman–Crippen LogP) is 0.550. The fraction of sp³-hybridized carbons (Fsp3) is 0.889. The first kappa shape index (κ1) is 8.24. The van der Waals surface area contributed by atoms with Crippen molar-refractivity contribution >= 4 is 21.9 Å². The standard InChI is InChI=1S/C9H11BrO3/c10-7-3-1-4-6(5(3)2-11)9(12)13-8(4)7/h3-8,11H,1-2H2/t3?,4?,5-,6?,7-,8?/m1/s1. The van der Waals surface area contributed by atoms with Crippen molar-refractivity contribution in [2.45, 2.75) is 17.4 Å². The van der Waals surface area contributed by atoms with Crippen LogP contribution in [-0.4, -0.2) is 28.6 Å². The van der Waals surface area contributed by atoms with E-state index in [2.05, 4.69) is 15.9 Å². The van der Waals surface area contributed by atoms with Crippen LogP contribution in [0.1, 0.15) is 6.42 Å². The normalized spacial score (nSPS) is 57.2. The summed E-state index contributed by atoms with van der Waals surface area (Å²) < 4.78 is 5.29. The van der Waals surface area contributed by atoms with Crippen molar-refractivity contribution in [3.8, 4) is 0 Å². The average Bonchev–Trinajstić information content (AvgIpc) is 2.68. The van der Waals surface area contributed by atoms with Crippen LogP contribution in [0.4, 0.5) is 0 Å². The Bertz CT molecular complexity index is 268. The minimum atomic E-state index is -0.0847. The molecular formula is C9H11BrO3. The molecule has 1 heterocycles. The summed E-state index contributed by atoms with van der Waals surface area (Å²) in [5.41, 5.74) is 0. The second-order valence-corrected chi connectivity index (χ2v) is 5.34. The fourth-order valence-corrected chi connectivity index (χ4v) is 4.48. The van der Waals surface area contributed by atoms with E-state index in [4.69, 9.17) is 4.74 Å². The predicted molar refractivity (Wildman–Crippen MR) is 48.3 cm³/mol. The monoisotopic (exact) mass is 246 g/mol. The highest BCUT2D eigenvalue weighted by molar-refractivity contribution is 9.09. The quantitative estimate of drug-likeness (QED) is 0.543. The van der Waals surface area contributed by atoms with E-state index in [0.29, 0.717) is 11.8 Å². The molecule has 2 aliphatic carbocycles. The van der Waals surface area contributed by atoms with Crippen LogP contribution >= 0.6 is 15.9 Å². The molecule has 1 aliphatic heterocycles. The molecular weight excluding hydrogens is 236 g/mol. The van der Waals surface area contributed by atoms with Gasteiger partial charge in [-0.1, -0.05) is 15.9 Å². The molecule has 1 N–H and O–H groups in total. The van der Waals surface area contributed by atoms with Gasteiger partial charge in [-0.25, -0.2) is 0 Å². The Morgan fingerprint density at radius 2 is 2.31 bits per heavy atom. The first-order chi connectivity index (χ1) is 6.24. The van der Waals surface area contributed by atoms with Crippen molar-refractivity contribution in [3.63, 3.8) is 0 Å².